The van der Waals surface area contributed by atoms with Gasteiger partial charge >= 0.3 is 36.0 Å². The number of rotatable bonds is 6. The maximum absolute atomic E-state index is 15.9. The Bertz CT molecular complexity index is 5090. The van der Waals surface area contributed by atoms with E-state index in [4.69, 9.17) is 56.8 Å². The van der Waals surface area contributed by atoms with E-state index >= 15 is 26.3 Å². The molecule has 3 unspecified atom stereocenters. The summed E-state index contributed by atoms with van der Waals surface area (Å²) in [5.41, 5.74) is -4.25. The monoisotopic (exact) mass is 2030 g/mol. The van der Waals surface area contributed by atoms with Gasteiger partial charge in [0.15, 0.2) is 17.1 Å². The molecular formula is C95H121F6N12O21V3-3. The molecule has 4 aromatic rings. The van der Waals surface area contributed by atoms with Crippen LogP contribution in [-0.2, 0) is 134 Å². The molecule has 4 saturated heterocycles. The largest absolute Gasteiger partial charge is 0.540 e. The van der Waals surface area contributed by atoms with Crippen molar-refractivity contribution in [3.05, 3.63) is 71.8 Å². The number of carbonyl (C=O) groups is 6. The maximum atomic E-state index is 15.9. The second-order valence-corrected chi connectivity index (χ2v) is 40.6. The third-order valence-corrected chi connectivity index (χ3v) is 28.1. The van der Waals surface area contributed by atoms with E-state index in [-0.39, 0.29) is 141 Å². The van der Waals surface area contributed by atoms with Gasteiger partial charge in [-0.25, -0.2) is 58.2 Å². The van der Waals surface area contributed by atoms with Gasteiger partial charge in [-0.05, 0) is 166 Å². The number of hydrogen-bond acceptors (Lipinski definition) is 27. The smallest absolute Gasteiger partial charge is 0.408 e. The van der Waals surface area contributed by atoms with Gasteiger partial charge in [0.2, 0.25) is 35.4 Å². The molecule has 2 aromatic carbocycles. The minimum absolute atomic E-state index is 0. The summed E-state index contributed by atoms with van der Waals surface area (Å²) >= 11 is 0. The van der Waals surface area contributed by atoms with Crippen molar-refractivity contribution in [2.45, 2.75) is 263 Å². The summed E-state index contributed by atoms with van der Waals surface area (Å²) in [6, 6.07) is 1.72. The van der Waals surface area contributed by atoms with Crippen molar-refractivity contribution in [2.75, 3.05) is 80.6 Å². The second kappa shape index (κ2) is 43.7. The Morgan fingerprint density at radius 3 is 1.39 bits per heavy atom. The van der Waals surface area contributed by atoms with Crippen molar-refractivity contribution in [2.24, 2.45) is 73.6 Å². The first-order valence-corrected chi connectivity index (χ1v) is 46.0. The molecule has 5 aliphatic carbocycles. The summed E-state index contributed by atoms with van der Waals surface area (Å²) < 4.78 is 164. The van der Waals surface area contributed by atoms with Crippen molar-refractivity contribution in [1.29, 1.82) is 0 Å². The van der Waals surface area contributed by atoms with Crippen molar-refractivity contribution >= 4 is 88.5 Å². The number of nitrogens with zero attached hydrogens (tertiary/aromatic N) is 9. The number of methoxy groups -OCH3 is 3. The van der Waals surface area contributed by atoms with Crippen LogP contribution in [0.25, 0.3) is 22.1 Å². The van der Waals surface area contributed by atoms with Gasteiger partial charge in [0.05, 0.1) is 69.1 Å². The molecule has 6 amide bonds. The second-order valence-electron chi connectivity index (χ2n) is 40.6. The first kappa shape index (κ1) is 109. The first-order chi connectivity index (χ1) is 63.3. The number of allylic oxidation sites excluding steroid dienone is 1. The van der Waals surface area contributed by atoms with Crippen LogP contribution in [0.4, 0.5) is 40.7 Å². The van der Waals surface area contributed by atoms with Gasteiger partial charge in [-0.2, -0.15) is 26.3 Å². The number of ether oxygens (including phenoxy) is 12. The van der Waals surface area contributed by atoms with E-state index in [0.29, 0.717) is 67.6 Å². The quantitative estimate of drug-likeness (QED) is 0.0917. The summed E-state index contributed by atoms with van der Waals surface area (Å²) in [6.07, 6.45) is 12.2. The number of hydrogen-bond donors (Lipinski definition) is 3. The van der Waals surface area contributed by atoms with Crippen LogP contribution in [0.3, 0.4) is 0 Å². The molecule has 7 aliphatic heterocycles. The van der Waals surface area contributed by atoms with Gasteiger partial charge in [-0.1, -0.05) is 107 Å². The van der Waals surface area contributed by atoms with E-state index in [9.17, 15) is 43.2 Å². The van der Waals surface area contributed by atoms with E-state index in [1.165, 1.54) is 48.2 Å². The summed E-state index contributed by atoms with van der Waals surface area (Å²) in [4.78, 5) is 148. The first-order valence-electron chi connectivity index (χ1n) is 46.0. The number of aliphatic imine (C=N–C) groups is 2. The number of alkyl carbamates (subject to hydrolysis) is 3. The fourth-order valence-electron chi connectivity index (χ4n) is 20.1. The van der Waals surface area contributed by atoms with Crippen LogP contribution in [0, 0.1) is 63.6 Å². The van der Waals surface area contributed by atoms with E-state index < -0.39 is 221 Å². The maximum Gasteiger partial charge on any atom is 0.408 e. The molecule has 2 aromatic heterocycles. The summed E-state index contributed by atoms with van der Waals surface area (Å²) in [7, 11) is 4.44. The molecule has 9 heterocycles. The zero-order valence-corrected chi connectivity index (χ0v) is 83.9. The molecule has 3 N–H and O–H groups in total. The van der Waals surface area contributed by atoms with E-state index in [2.05, 4.69) is 45.9 Å². The molecule has 16 rings (SSSR count). The summed E-state index contributed by atoms with van der Waals surface area (Å²) in [6.45, 7) is 19.8. The Morgan fingerprint density at radius 1 is 0.467 bits per heavy atom. The molecular weight excluding hydrogens is 1910 g/mol. The third kappa shape index (κ3) is 24.0. The number of alkyl halides is 6. The fraction of sp³-hybridized carbons (Fsp3) is 0.674. The molecule has 42 heteroatoms. The number of aromatic nitrogens is 4. The molecule has 12 aliphatic rings. The average molecular weight is 2030 g/mol. The predicted molar refractivity (Wildman–Crippen MR) is 472 cm³/mol. The van der Waals surface area contributed by atoms with Crippen LogP contribution in [0.15, 0.2) is 70.4 Å². The average Bonchev–Trinajstić information content (AvgIpc) is 1.58. The minimum Gasteiger partial charge on any atom is -0.540 e. The number of nitrogens with one attached hydrogen (secondary N) is 3. The van der Waals surface area contributed by atoms with E-state index in [1.54, 1.807) is 126 Å². The number of benzene rings is 2. The van der Waals surface area contributed by atoms with E-state index in [1.807, 2.05) is 25.8 Å². The van der Waals surface area contributed by atoms with Crippen LogP contribution in [0.5, 0.6) is 23.3 Å². The normalized spacial score (nSPS) is 32.8. The number of amides is 6. The van der Waals surface area contributed by atoms with Gasteiger partial charge in [0.25, 0.3) is 0 Å². The molecule has 6 bridgehead atoms. The summed E-state index contributed by atoms with van der Waals surface area (Å²) in [5, 5.41) is 8.27. The molecule has 8 fully saturated rings. The van der Waals surface area contributed by atoms with Crippen molar-refractivity contribution < 1.29 is 182 Å². The standard InChI is InChI=1S/C32H39F2N4O7.C32H41F2N4O7.C31H41F2N4O7.3V/c1-16-23(14-39)38-13-25(16)44-28-26(35-21-7-6-18(42-5)12-22(21)36-28)32(33,34)15-43-9-8-19-20-10-17(20)11-24(19)45-30(41)37-27(29(38)40)31(2,3)4;1-18-23(16-39)38-15-24(18)44-27-25(35-21-10-9-20(42-6)14-22(21)36-27)32(33,34)17-43-13-11-19-8-7-12-31(19,5)45-29(41)37-26(28(38)40)30(2,3)4;1-17-22(15-38)37-14-24(17)43-27-25(34-20-10-9-19(41-5)13-21(20)35-27)31(32,33)16-42-12-11-18-7-6-8-23(18)44-29(40)36-26(28(37)39)30(2,3)4;;;/h6-7,12,16-17,19-20,23-25,27H,8-11,13,15H2,1-5H3,(H,37,41);9-10,14,18-19,23-24,26H,7-8,11-13,15,17H2,1-6H3,(H,37,41);9-10,13,17-18,20-24,26H,6-8,11-12,14,16H2,1-5H3,(H,36,40);;;/q3*-1;;;/t16-,17?,19+,20?,23+,24+,25-,27+;18-,19-,23+,24-,26+,31+;17-,18-,20?,21-,22+,23+,24-,26+;;;/m000.../s1. The molecule has 4 saturated carbocycles. The van der Waals surface area contributed by atoms with Gasteiger partial charge in [0.1, 0.15) is 97.4 Å². The molecule has 747 valence electrons. The van der Waals surface area contributed by atoms with Crippen molar-refractivity contribution in [3.8, 4) is 23.3 Å². The Morgan fingerprint density at radius 2 is 0.920 bits per heavy atom. The number of fused-ring (bicyclic) bond motifs is 17. The van der Waals surface area contributed by atoms with Gasteiger partial charge in [0, 0.05) is 99.5 Å². The number of halogens is 6. The molecule has 137 heavy (non-hydrogen) atoms. The van der Waals surface area contributed by atoms with Crippen LogP contribution in [-0.4, -0.2) is 272 Å². The zero-order chi connectivity index (χ0) is 96.8. The van der Waals surface area contributed by atoms with Crippen LogP contribution < -0.4 is 34.9 Å². The van der Waals surface area contributed by atoms with Crippen LogP contribution in [0.1, 0.15) is 172 Å². The van der Waals surface area contributed by atoms with E-state index in [0.717, 1.165) is 32.1 Å². The summed E-state index contributed by atoms with van der Waals surface area (Å²) in [5.74, 6) is -13.5. The third-order valence-electron chi connectivity index (χ3n) is 28.1. The fourth-order valence-corrected chi connectivity index (χ4v) is 20.1. The SMILES string of the molecule is COC1=C[C@@H]2N=C3O[C@H]4CN(C(=O)[C@H](C(C)(C)C)NC(=O)O[C@@H]5CCC[C@H]5CCOCC(F)(F)C3=NC2C=C1)[C@H]([C-]=O)[C@@H]4C.COc1ccc2nc3c(nc2c1)O[C@H]1CN(C(=O)[C@H](C(C)(C)C)NC(=O)O[C@@H]2CC4CC4[C@H]2CCOCC3(F)F)[C@H]([C-]=O)[C@@H]1C.COc1ccc2nc3c(nc2c1)O[C@H]1CN(C(=O)[C@H](C(C)(C)C)NC(=O)O[C@]2(C)CCC[C@H]2CCOCC3(F)F)[C@H]([C-]=O)[C@@H]1C.[V].[V].[V]. The molecule has 33 nitrogen and oxygen atoms in total. The molecule has 3 radical (unpaired) electrons. The van der Waals surface area contributed by atoms with Gasteiger partial charge < -0.3 is 102 Å². The van der Waals surface area contributed by atoms with Crippen LogP contribution >= 0.6 is 0 Å². The van der Waals surface area contributed by atoms with Gasteiger partial charge in [-0.15, -0.1) is 0 Å². The van der Waals surface area contributed by atoms with Crippen molar-refractivity contribution in [3.63, 3.8) is 0 Å². The Balaban J connectivity index is 0.000000195. The topological polar surface area (TPSA) is 386 Å². The van der Waals surface area contributed by atoms with Gasteiger partial charge in [-0.3, -0.25) is 19.4 Å². The Hall–Kier alpha value is -8.82. The zero-order valence-electron chi connectivity index (χ0n) is 79.7. The molecule has 0 spiro atoms. The Labute approximate surface area is 828 Å². The number of carbonyl (C=O) groups excluding carboxylic acids is 9. The molecule has 22 atom stereocenters. The van der Waals surface area contributed by atoms with Crippen molar-refractivity contribution in [1.82, 2.24) is 50.6 Å². The van der Waals surface area contributed by atoms with Crippen LogP contribution in [0.2, 0.25) is 0 Å². The predicted octanol–water partition coefficient (Wildman–Crippen LogP) is 12.0. The minimum atomic E-state index is -3.60. The Kier molecular flexibility index (Phi) is 34.7.